The molecule has 1 nitrogen and oxygen atoms in total. The van der Waals surface area contributed by atoms with Crippen molar-refractivity contribution < 1.29 is 0 Å². The van der Waals surface area contributed by atoms with Crippen molar-refractivity contribution in [1.29, 1.82) is 0 Å². The van der Waals surface area contributed by atoms with Gasteiger partial charge in [0.1, 0.15) is 0 Å². The number of thiophene rings is 3. The maximum Gasteiger partial charge on any atom is 0.0931 e. The quantitative estimate of drug-likeness (QED) is 0.724. The highest BCUT2D eigenvalue weighted by atomic mass is 35.5. The summed E-state index contributed by atoms with van der Waals surface area (Å²) < 4.78 is 3.43. The van der Waals surface area contributed by atoms with Crippen molar-refractivity contribution in [3.05, 3.63) is 43.7 Å². The molecule has 0 aliphatic heterocycles. The average Bonchev–Trinajstić information content (AvgIpc) is 2.89. The molecule has 3 aromatic heterocycles. The summed E-state index contributed by atoms with van der Waals surface area (Å²) in [6.45, 7) is 0. The molecule has 16 heavy (non-hydrogen) atoms. The summed E-state index contributed by atoms with van der Waals surface area (Å²) >= 11 is 11.0. The van der Waals surface area contributed by atoms with Crippen LogP contribution in [0.2, 0.25) is 4.34 Å². The zero-order valence-corrected chi connectivity index (χ0v) is 11.3. The maximum absolute atomic E-state index is 6.22. The summed E-state index contributed by atoms with van der Waals surface area (Å²) in [7, 11) is 0. The Morgan fingerprint density at radius 2 is 1.94 bits per heavy atom. The predicted molar refractivity (Wildman–Crippen MR) is 75.1 cm³/mol. The highest BCUT2D eigenvalue weighted by Gasteiger charge is 2.14. The molecular formula is C11H8ClNS3. The Balaban J connectivity index is 2.00. The van der Waals surface area contributed by atoms with Crippen molar-refractivity contribution in [2.75, 3.05) is 0 Å². The van der Waals surface area contributed by atoms with E-state index in [-0.39, 0.29) is 6.04 Å². The molecule has 0 fully saturated rings. The second-order valence-corrected chi connectivity index (χ2v) is 7.23. The molecular weight excluding hydrogens is 278 g/mol. The molecule has 0 radical (unpaired) electrons. The highest BCUT2D eigenvalue weighted by molar-refractivity contribution is 7.27. The van der Waals surface area contributed by atoms with Crippen molar-refractivity contribution >= 4 is 55.0 Å². The summed E-state index contributed by atoms with van der Waals surface area (Å²) in [4.78, 5) is 2.33. The Bertz CT molecular complexity index is 593. The van der Waals surface area contributed by atoms with Gasteiger partial charge in [0.15, 0.2) is 0 Å². The van der Waals surface area contributed by atoms with E-state index in [4.69, 9.17) is 17.3 Å². The van der Waals surface area contributed by atoms with Gasteiger partial charge >= 0.3 is 0 Å². The molecule has 82 valence electrons. The van der Waals surface area contributed by atoms with Gasteiger partial charge in [-0.1, -0.05) is 11.6 Å². The molecule has 0 aliphatic carbocycles. The predicted octanol–water partition coefficient (Wildman–Crippen LogP) is 4.73. The van der Waals surface area contributed by atoms with Crippen LogP contribution in [0.25, 0.3) is 9.40 Å². The Morgan fingerprint density at radius 1 is 1.06 bits per heavy atom. The summed E-state index contributed by atoms with van der Waals surface area (Å²) in [5.41, 5.74) is 6.22. The van der Waals surface area contributed by atoms with E-state index < -0.39 is 0 Å². The number of halogens is 1. The second kappa shape index (κ2) is 4.13. The fraction of sp³-hybridized carbons (Fsp3) is 0.0909. The van der Waals surface area contributed by atoms with Crippen LogP contribution in [0.1, 0.15) is 15.8 Å². The van der Waals surface area contributed by atoms with Crippen molar-refractivity contribution in [1.82, 2.24) is 0 Å². The fourth-order valence-electron chi connectivity index (χ4n) is 1.57. The fourth-order valence-corrected chi connectivity index (χ4v) is 4.87. The van der Waals surface area contributed by atoms with E-state index in [2.05, 4.69) is 17.5 Å². The monoisotopic (exact) mass is 285 g/mol. The van der Waals surface area contributed by atoms with E-state index in [1.807, 2.05) is 12.1 Å². The van der Waals surface area contributed by atoms with Crippen molar-refractivity contribution in [2.45, 2.75) is 6.04 Å². The summed E-state index contributed by atoms with van der Waals surface area (Å²) in [5, 5.41) is 2.11. The van der Waals surface area contributed by atoms with E-state index >= 15 is 0 Å². The van der Waals surface area contributed by atoms with E-state index in [0.717, 1.165) is 9.21 Å². The Labute approximate surface area is 110 Å². The number of fused-ring (bicyclic) bond motifs is 1. The topological polar surface area (TPSA) is 26.0 Å². The Hall–Kier alpha value is -0.390. The molecule has 0 spiro atoms. The van der Waals surface area contributed by atoms with Crippen LogP contribution in [0, 0.1) is 0 Å². The first-order valence-corrected chi connectivity index (χ1v) is 7.61. The average molecular weight is 286 g/mol. The lowest BCUT2D eigenvalue weighted by Crippen LogP contribution is -2.07. The minimum absolute atomic E-state index is 0.0397. The van der Waals surface area contributed by atoms with Crippen molar-refractivity contribution in [3.8, 4) is 0 Å². The molecule has 1 atom stereocenters. The van der Waals surface area contributed by atoms with Gasteiger partial charge < -0.3 is 5.73 Å². The SMILES string of the molecule is NC(c1ccc(Cl)s1)c1cc2sccc2s1. The third-order valence-corrected chi connectivity index (χ3v) is 5.86. The van der Waals surface area contributed by atoms with Crippen LogP contribution in [0.15, 0.2) is 29.6 Å². The van der Waals surface area contributed by atoms with Crippen LogP contribution in [0.3, 0.4) is 0 Å². The Morgan fingerprint density at radius 3 is 2.62 bits per heavy atom. The van der Waals surface area contributed by atoms with Gasteiger partial charge in [0.2, 0.25) is 0 Å². The number of hydrogen-bond acceptors (Lipinski definition) is 4. The maximum atomic E-state index is 6.22. The molecule has 0 saturated heterocycles. The van der Waals surface area contributed by atoms with Crippen LogP contribution < -0.4 is 5.73 Å². The second-order valence-electron chi connectivity index (χ2n) is 3.42. The van der Waals surface area contributed by atoms with Gasteiger partial charge in [-0.3, -0.25) is 0 Å². The number of rotatable bonds is 2. The summed E-state index contributed by atoms with van der Waals surface area (Å²) in [6, 6.07) is 8.19. The van der Waals surface area contributed by atoms with Gasteiger partial charge in [0.05, 0.1) is 10.4 Å². The third-order valence-electron chi connectivity index (χ3n) is 2.37. The van der Waals surface area contributed by atoms with Gasteiger partial charge in [-0.15, -0.1) is 34.0 Å². The van der Waals surface area contributed by atoms with Crippen LogP contribution in [0.4, 0.5) is 0 Å². The van der Waals surface area contributed by atoms with Crippen molar-refractivity contribution in [2.24, 2.45) is 5.73 Å². The third kappa shape index (κ3) is 1.81. The molecule has 0 saturated carbocycles. The molecule has 0 aromatic carbocycles. The number of hydrogen-bond donors (Lipinski definition) is 1. The zero-order valence-electron chi connectivity index (χ0n) is 8.14. The molecule has 3 heterocycles. The first-order valence-electron chi connectivity index (χ1n) is 4.72. The first kappa shape index (κ1) is 10.7. The van der Waals surface area contributed by atoms with Crippen LogP contribution in [-0.4, -0.2) is 0 Å². The first-order chi connectivity index (χ1) is 7.74. The smallest absolute Gasteiger partial charge is 0.0931 e. The van der Waals surface area contributed by atoms with Crippen molar-refractivity contribution in [3.63, 3.8) is 0 Å². The molecule has 1 unspecified atom stereocenters. The number of nitrogens with two attached hydrogens (primary N) is 1. The van der Waals surface area contributed by atoms with Gasteiger partial charge in [-0.2, -0.15) is 0 Å². The van der Waals surface area contributed by atoms with E-state index in [0.29, 0.717) is 0 Å². The van der Waals surface area contributed by atoms with Gasteiger partial charge in [-0.25, -0.2) is 0 Å². The largest absolute Gasteiger partial charge is 0.319 e. The lowest BCUT2D eigenvalue weighted by molar-refractivity contribution is 0.918. The Kier molecular flexibility index (Phi) is 2.77. The van der Waals surface area contributed by atoms with Crippen LogP contribution in [-0.2, 0) is 0 Å². The zero-order chi connectivity index (χ0) is 11.1. The molecule has 5 heteroatoms. The van der Waals surface area contributed by atoms with E-state index in [9.17, 15) is 0 Å². The summed E-state index contributed by atoms with van der Waals surface area (Å²) in [6.07, 6.45) is 0. The van der Waals surface area contributed by atoms with E-state index in [1.54, 1.807) is 34.0 Å². The molecule has 0 aliphatic rings. The van der Waals surface area contributed by atoms with Gasteiger partial charge in [0, 0.05) is 19.2 Å². The minimum Gasteiger partial charge on any atom is -0.319 e. The molecule has 3 rings (SSSR count). The molecule has 2 N–H and O–H groups in total. The lowest BCUT2D eigenvalue weighted by Gasteiger charge is -2.05. The molecule has 0 bridgehead atoms. The lowest BCUT2D eigenvalue weighted by atomic mass is 10.2. The van der Waals surface area contributed by atoms with E-state index in [1.165, 1.54) is 14.3 Å². The molecule has 3 aromatic rings. The van der Waals surface area contributed by atoms with Gasteiger partial charge in [-0.05, 0) is 29.6 Å². The standard InChI is InChI=1S/C11H8ClNS3/c12-10-2-1-7(16-10)11(13)9-5-8-6(15-9)3-4-14-8/h1-5,11H,13H2. The summed E-state index contributed by atoms with van der Waals surface area (Å²) in [5.74, 6) is 0. The van der Waals surface area contributed by atoms with Gasteiger partial charge in [0.25, 0.3) is 0 Å². The van der Waals surface area contributed by atoms with Crippen LogP contribution in [0.5, 0.6) is 0 Å². The highest BCUT2D eigenvalue weighted by Crippen LogP contribution is 2.37. The molecule has 0 amide bonds. The normalized spacial score (nSPS) is 13.4. The minimum atomic E-state index is -0.0397. The van der Waals surface area contributed by atoms with Crippen LogP contribution >= 0.6 is 45.6 Å².